The van der Waals surface area contributed by atoms with Crippen LogP contribution in [0, 0.1) is 6.92 Å². The van der Waals surface area contributed by atoms with Crippen LogP contribution in [0.5, 0.6) is 0 Å². The summed E-state index contributed by atoms with van der Waals surface area (Å²) in [7, 11) is 0. The zero-order valence-corrected chi connectivity index (χ0v) is 11.9. The van der Waals surface area contributed by atoms with Crippen LogP contribution in [0.2, 0.25) is 0 Å². The van der Waals surface area contributed by atoms with Crippen LogP contribution in [0.15, 0.2) is 30.5 Å². The van der Waals surface area contributed by atoms with Gasteiger partial charge in [0.25, 0.3) is 0 Å². The third kappa shape index (κ3) is 3.79. The van der Waals surface area contributed by atoms with Gasteiger partial charge in [0, 0.05) is 18.8 Å². The van der Waals surface area contributed by atoms with Gasteiger partial charge in [0.15, 0.2) is 6.04 Å². The molecular weight excluding hydrogens is 270 g/mol. The molecule has 2 rings (SSSR count). The highest BCUT2D eigenvalue weighted by Crippen LogP contribution is 2.20. The predicted octanol–water partition coefficient (Wildman–Crippen LogP) is 0.607. The smallest absolute Gasteiger partial charge is 0.246 e. The number of anilines is 1. The van der Waals surface area contributed by atoms with Gasteiger partial charge in [0.1, 0.15) is 5.69 Å². The Morgan fingerprint density at radius 3 is 2.90 bits per heavy atom. The van der Waals surface area contributed by atoms with Crippen LogP contribution in [0.3, 0.4) is 0 Å². The van der Waals surface area contributed by atoms with Crippen LogP contribution in [-0.2, 0) is 11.3 Å². The zero-order valence-electron chi connectivity index (χ0n) is 11.9. The van der Waals surface area contributed by atoms with Crippen molar-refractivity contribution in [3.8, 4) is 0 Å². The molecule has 7 heteroatoms. The summed E-state index contributed by atoms with van der Waals surface area (Å²) in [6, 6.07) is 6.88. The molecule has 0 aliphatic rings. The topological polar surface area (TPSA) is 106 Å². The largest absolute Gasteiger partial charge is 0.396 e. The van der Waals surface area contributed by atoms with Crippen molar-refractivity contribution in [3.05, 3.63) is 41.7 Å². The molecule has 112 valence electrons. The summed E-state index contributed by atoms with van der Waals surface area (Å²) in [4.78, 5) is 11.7. The maximum Gasteiger partial charge on any atom is 0.246 e. The maximum absolute atomic E-state index is 11.7. The van der Waals surface area contributed by atoms with Gasteiger partial charge in [-0.1, -0.05) is 23.4 Å². The lowest BCUT2D eigenvalue weighted by molar-refractivity contribution is -0.118. The van der Waals surface area contributed by atoms with Gasteiger partial charge in [-0.15, -0.1) is 5.10 Å². The Hall–Kier alpha value is -2.41. The number of nitrogens with zero attached hydrogens (tertiary/aromatic N) is 3. The molecule has 0 saturated carbocycles. The molecule has 7 nitrogen and oxygen atoms in total. The summed E-state index contributed by atoms with van der Waals surface area (Å²) in [5.41, 5.74) is 7.76. The quantitative estimate of drug-likeness (QED) is 0.692. The Labute approximate surface area is 122 Å². The Bertz CT molecular complexity index is 611. The lowest BCUT2D eigenvalue weighted by Crippen LogP contribution is -2.28. The first-order valence-corrected chi connectivity index (χ1v) is 6.74. The van der Waals surface area contributed by atoms with E-state index in [2.05, 4.69) is 15.6 Å². The molecule has 2 aromatic rings. The summed E-state index contributed by atoms with van der Waals surface area (Å²) in [6.07, 6.45) is 2.24. The van der Waals surface area contributed by atoms with Gasteiger partial charge in [0.05, 0.1) is 6.20 Å². The molecule has 0 radical (unpaired) electrons. The predicted molar refractivity (Wildman–Crippen MR) is 78.5 cm³/mol. The number of aromatic nitrogens is 3. The first kappa shape index (κ1) is 15.0. The molecule has 0 bridgehead atoms. The minimum Gasteiger partial charge on any atom is -0.396 e. The van der Waals surface area contributed by atoms with E-state index in [0.29, 0.717) is 18.7 Å². The van der Waals surface area contributed by atoms with Gasteiger partial charge in [-0.2, -0.15) is 0 Å². The molecule has 0 spiro atoms. The average molecular weight is 289 g/mol. The highest BCUT2D eigenvalue weighted by atomic mass is 16.3. The Kier molecular flexibility index (Phi) is 4.89. The normalized spacial score (nSPS) is 12.1. The van der Waals surface area contributed by atoms with E-state index in [1.54, 1.807) is 10.9 Å². The SMILES string of the molecule is Cc1ccccc1NC(C(N)=O)c1cn(CCCO)nn1. The second kappa shape index (κ2) is 6.85. The van der Waals surface area contributed by atoms with Gasteiger partial charge in [-0.3, -0.25) is 9.48 Å². The molecule has 0 saturated heterocycles. The molecule has 1 amide bonds. The minimum atomic E-state index is -0.742. The highest BCUT2D eigenvalue weighted by Gasteiger charge is 2.21. The number of aryl methyl sites for hydroxylation is 2. The Balaban J connectivity index is 2.17. The molecule has 1 unspecified atom stereocenters. The van der Waals surface area contributed by atoms with Crippen molar-refractivity contribution in [2.24, 2.45) is 5.73 Å². The van der Waals surface area contributed by atoms with E-state index in [9.17, 15) is 4.79 Å². The van der Waals surface area contributed by atoms with E-state index in [0.717, 1.165) is 11.3 Å². The first-order valence-electron chi connectivity index (χ1n) is 6.74. The van der Waals surface area contributed by atoms with E-state index in [-0.39, 0.29) is 6.61 Å². The molecule has 1 aromatic heterocycles. The number of carbonyl (C=O) groups excluding carboxylic acids is 1. The fourth-order valence-corrected chi connectivity index (χ4v) is 1.97. The molecule has 1 aromatic carbocycles. The van der Waals surface area contributed by atoms with Gasteiger partial charge < -0.3 is 16.2 Å². The van der Waals surface area contributed by atoms with Crippen LogP contribution in [0.1, 0.15) is 23.7 Å². The molecule has 0 aliphatic heterocycles. The molecule has 1 heterocycles. The average Bonchev–Trinajstić information content (AvgIpc) is 2.92. The summed E-state index contributed by atoms with van der Waals surface area (Å²) in [5, 5.41) is 19.8. The number of rotatable bonds is 7. The Morgan fingerprint density at radius 1 is 1.48 bits per heavy atom. The van der Waals surface area contributed by atoms with Crippen molar-refractivity contribution in [1.82, 2.24) is 15.0 Å². The number of primary amides is 1. The number of nitrogens with one attached hydrogen (secondary N) is 1. The summed E-state index contributed by atoms with van der Waals surface area (Å²) in [6.45, 7) is 2.56. The Morgan fingerprint density at radius 2 is 2.24 bits per heavy atom. The van der Waals surface area contributed by atoms with E-state index in [1.807, 2.05) is 31.2 Å². The summed E-state index contributed by atoms with van der Waals surface area (Å²) >= 11 is 0. The molecule has 21 heavy (non-hydrogen) atoms. The number of hydrogen-bond donors (Lipinski definition) is 3. The number of nitrogens with two attached hydrogens (primary N) is 1. The molecule has 0 fully saturated rings. The first-order chi connectivity index (χ1) is 10.1. The van der Waals surface area contributed by atoms with Crippen LogP contribution in [0.25, 0.3) is 0 Å². The second-order valence-corrected chi connectivity index (χ2v) is 4.78. The highest BCUT2D eigenvalue weighted by molar-refractivity contribution is 5.84. The number of carbonyl (C=O) groups is 1. The monoisotopic (exact) mass is 289 g/mol. The number of aliphatic hydroxyl groups is 1. The van der Waals surface area contributed by atoms with E-state index in [4.69, 9.17) is 10.8 Å². The van der Waals surface area contributed by atoms with Crippen molar-refractivity contribution >= 4 is 11.6 Å². The molecule has 0 aliphatic carbocycles. The zero-order chi connectivity index (χ0) is 15.2. The molecular formula is C14H19N5O2. The van der Waals surface area contributed by atoms with Crippen molar-refractivity contribution < 1.29 is 9.90 Å². The van der Waals surface area contributed by atoms with Gasteiger partial charge >= 0.3 is 0 Å². The number of aliphatic hydroxyl groups excluding tert-OH is 1. The van der Waals surface area contributed by atoms with Crippen molar-refractivity contribution in [1.29, 1.82) is 0 Å². The summed E-state index contributed by atoms with van der Waals surface area (Å²) in [5.74, 6) is -0.521. The standard InChI is InChI=1S/C14H19N5O2/c1-10-5-2-3-6-11(10)16-13(14(15)21)12-9-19(18-17-12)7-4-8-20/h2-3,5-6,9,13,16,20H,4,7-8H2,1H3,(H2,15,21). The third-order valence-corrected chi connectivity index (χ3v) is 3.13. The van der Waals surface area contributed by atoms with Gasteiger partial charge in [-0.25, -0.2) is 0 Å². The van der Waals surface area contributed by atoms with E-state index in [1.165, 1.54) is 0 Å². The third-order valence-electron chi connectivity index (χ3n) is 3.13. The minimum absolute atomic E-state index is 0.0793. The molecule has 1 atom stereocenters. The van der Waals surface area contributed by atoms with Crippen LogP contribution >= 0.6 is 0 Å². The lowest BCUT2D eigenvalue weighted by Gasteiger charge is -2.15. The van der Waals surface area contributed by atoms with Crippen LogP contribution in [-0.4, -0.2) is 32.6 Å². The van der Waals surface area contributed by atoms with E-state index >= 15 is 0 Å². The fourth-order valence-electron chi connectivity index (χ4n) is 1.97. The number of hydrogen-bond acceptors (Lipinski definition) is 5. The van der Waals surface area contributed by atoms with Crippen molar-refractivity contribution in [2.75, 3.05) is 11.9 Å². The fraction of sp³-hybridized carbons (Fsp3) is 0.357. The van der Waals surface area contributed by atoms with Crippen molar-refractivity contribution in [3.63, 3.8) is 0 Å². The maximum atomic E-state index is 11.7. The molecule has 4 N–H and O–H groups in total. The number of amides is 1. The van der Waals surface area contributed by atoms with Crippen LogP contribution in [0.4, 0.5) is 5.69 Å². The van der Waals surface area contributed by atoms with Crippen molar-refractivity contribution in [2.45, 2.75) is 25.9 Å². The summed E-state index contributed by atoms with van der Waals surface area (Å²) < 4.78 is 1.58. The van der Waals surface area contributed by atoms with Gasteiger partial charge in [-0.05, 0) is 25.0 Å². The van der Waals surface area contributed by atoms with E-state index < -0.39 is 11.9 Å². The lowest BCUT2D eigenvalue weighted by atomic mass is 10.1. The van der Waals surface area contributed by atoms with Crippen LogP contribution < -0.4 is 11.1 Å². The number of benzene rings is 1. The second-order valence-electron chi connectivity index (χ2n) is 4.78. The number of para-hydroxylation sites is 1. The van der Waals surface area contributed by atoms with Gasteiger partial charge in [0.2, 0.25) is 5.91 Å².